The maximum atomic E-state index is 11.6. The number of rotatable bonds is 5. The van der Waals surface area contributed by atoms with E-state index in [1.54, 1.807) is 12.1 Å². The van der Waals surface area contributed by atoms with Crippen LogP contribution in [0.15, 0.2) is 59.1 Å². The van der Waals surface area contributed by atoms with E-state index in [1.807, 2.05) is 42.5 Å². The smallest absolute Gasteiger partial charge is 0.310 e. The standard InChI is InChI=1S/C16H14BrNO3/c17-13-8-6-12(7-9-13)10-16(20)21-11-15(19)18-14-4-2-1-3-5-14/h1-9H,10-11H2,(H,18,19). The number of para-hydroxylation sites is 1. The maximum Gasteiger partial charge on any atom is 0.310 e. The van der Waals surface area contributed by atoms with Crippen LogP contribution in [0.2, 0.25) is 0 Å². The van der Waals surface area contributed by atoms with Crippen LogP contribution in [0.1, 0.15) is 5.56 Å². The summed E-state index contributed by atoms with van der Waals surface area (Å²) in [6, 6.07) is 16.4. The minimum Gasteiger partial charge on any atom is -0.455 e. The van der Waals surface area contributed by atoms with Gasteiger partial charge in [0.05, 0.1) is 6.42 Å². The summed E-state index contributed by atoms with van der Waals surface area (Å²) >= 11 is 3.32. The van der Waals surface area contributed by atoms with E-state index >= 15 is 0 Å². The molecule has 2 aromatic rings. The number of nitrogens with one attached hydrogen (secondary N) is 1. The first-order valence-corrected chi connectivity index (χ1v) is 7.18. The summed E-state index contributed by atoms with van der Waals surface area (Å²) in [7, 11) is 0. The molecule has 0 aliphatic heterocycles. The molecular formula is C16H14BrNO3. The summed E-state index contributed by atoms with van der Waals surface area (Å²) in [5.74, 6) is -0.786. The van der Waals surface area contributed by atoms with Crippen molar-refractivity contribution < 1.29 is 14.3 Å². The molecule has 5 heteroatoms. The molecule has 1 amide bonds. The molecule has 0 aliphatic carbocycles. The Morgan fingerprint density at radius 1 is 1.00 bits per heavy atom. The third-order valence-electron chi connectivity index (χ3n) is 2.68. The largest absolute Gasteiger partial charge is 0.455 e. The number of hydrogen-bond acceptors (Lipinski definition) is 3. The third kappa shape index (κ3) is 5.39. The molecule has 0 saturated heterocycles. The van der Waals surface area contributed by atoms with Gasteiger partial charge < -0.3 is 10.1 Å². The van der Waals surface area contributed by atoms with Crippen molar-refractivity contribution in [1.82, 2.24) is 0 Å². The zero-order chi connectivity index (χ0) is 15.1. The summed E-state index contributed by atoms with van der Waals surface area (Å²) in [6.45, 7) is -0.287. The number of carbonyl (C=O) groups excluding carboxylic acids is 2. The highest BCUT2D eigenvalue weighted by Gasteiger charge is 2.08. The number of ether oxygens (including phenoxy) is 1. The SMILES string of the molecule is O=C(COC(=O)Cc1ccc(Br)cc1)Nc1ccccc1. The summed E-state index contributed by atoms with van der Waals surface area (Å²) in [6.07, 6.45) is 0.145. The molecule has 108 valence electrons. The monoisotopic (exact) mass is 347 g/mol. The molecule has 0 fully saturated rings. The van der Waals surface area contributed by atoms with E-state index in [0.29, 0.717) is 5.69 Å². The average molecular weight is 348 g/mol. The van der Waals surface area contributed by atoms with Gasteiger partial charge in [-0.25, -0.2) is 0 Å². The molecule has 0 unspecified atom stereocenters. The van der Waals surface area contributed by atoms with E-state index in [0.717, 1.165) is 10.0 Å². The van der Waals surface area contributed by atoms with Gasteiger partial charge in [-0.05, 0) is 29.8 Å². The van der Waals surface area contributed by atoms with E-state index in [1.165, 1.54) is 0 Å². The lowest BCUT2D eigenvalue weighted by atomic mass is 10.2. The van der Waals surface area contributed by atoms with Crippen molar-refractivity contribution in [1.29, 1.82) is 0 Å². The van der Waals surface area contributed by atoms with Crippen LogP contribution in [0, 0.1) is 0 Å². The zero-order valence-corrected chi connectivity index (χ0v) is 12.8. The number of halogens is 1. The Morgan fingerprint density at radius 2 is 1.67 bits per heavy atom. The van der Waals surface area contributed by atoms with Gasteiger partial charge in [-0.3, -0.25) is 9.59 Å². The highest BCUT2D eigenvalue weighted by molar-refractivity contribution is 9.10. The Kier molecular flexibility index (Phi) is 5.51. The van der Waals surface area contributed by atoms with Gasteiger partial charge in [0.2, 0.25) is 0 Å². The van der Waals surface area contributed by atoms with Gasteiger partial charge >= 0.3 is 5.97 Å². The molecule has 0 heterocycles. The van der Waals surface area contributed by atoms with E-state index in [9.17, 15) is 9.59 Å². The minimum atomic E-state index is -0.430. The Labute approximate surface area is 131 Å². The van der Waals surface area contributed by atoms with Crippen LogP contribution in [0.25, 0.3) is 0 Å². The van der Waals surface area contributed by atoms with Crippen molar-refractivity contribution >= 4 is 33.5 Å². The van der Waals surface area contributed by atoms with E-state index in [2.05, 4.69) is 21.2 Å². The highest BCUT2D eigenvalue weighted by atomic mass is 79.9. The van der Waals surface area contributed by atoms with Crippen molar-refractivity contribution in [2.24, 2.45) is 0 Å². The topological polar surface area (TPSA) is 55.4 Å². The zero-order valence-electron chi connectivity index (χ0n) is 11.2. The molecule has 0 aromatic heterocycles. The maximum absolute atomic E-state index is 11.6. The van der Waals surface area contributed by atoms with Crippen LogP contribution < -0.4 is 5.32 Å². The predicted octanol–water partition coefficient (Wildman–Crippen LogP) is 3.17. The van der Waals surface area contributed by atoms with Crippen molar-refractivity contribution in [2.75, 3.05) is 11.9 Å². The third-order valence-corrected chi connectivity index (χ3v) is 3.21. The van der Waals surface area contributed by atoms with Crippen LogP contribution in [-0.4, -0.2) is 18.5 Å². The van der Waals surface area contributed by atoms with Gasteiger partial charge in [-0.2, -0.15) is 0 Å². The molecular weight excluding hydrogens is 334 g/mol. The van der Waals surface area contributed by atoms with Crippen LogP contribution in [0.3, 0.4) is 0 Å². The van der Waals surface area contributed by atoms with E-state index < -0.39 is 5.97 Å². The fourth-order valence-corrected chi connectivity index (χ4v) is 1.95. The molecule has 4 nitrogen and oxygen atoms in total. The average Bonchev–Trinajstić information content (AvgIpc) is 2.49. The molecule has 0 saturated carbocycles. The highest BCUT2D eigenvalue weighted by Crippen LogP contribution is 2.11. The number of anilines is 1. The van der Waals surface area contributed by atoms with Crippen LogP contribution in [0.4, 0.5) is 5.69 Å². The quantitative estimate of drug-likeness (QED) is 0.845. The summed E-state index contributed by atoms with van der Waals surface area (Å²) < 4.78 is 5.89. The Hall–Kier alpha value is -2.14. The van der Waals surface area contributed by atoms with Gasteiger partial charge in [-0.15, -0.1) is 0 Å². The van der Waals surface area contributed by atoms with Crippen molar-refractivity contribution in [3.63, 3.8) is 0 Å². The summed E-state index contributed by atoms with van der Waals surface area (Å²) in [5.41, 5.74) is 1.51. The normalized spacial score (nSPS) is 9.95. The molecule has 0 atom stereocenters. The first kappa shape index (κ1) is 15.3. The molecule has 2 rings (SSSR count). The summed E-state index contributed by atoms with van der Waals surface area (Å²) in [5, 5.41) is 2.65. The second-order valence-corrected chi connectivity index (χ2v) is 5.29. The molecule has 0 spiro atoms. The van der Waals surface area contributed by atoms with Crippen molar-refractivity contribution in [2.45, 2.75) is 6.42 Å². The minimum absolute atomic E-state index is 0.145. The molecule has 21 heavy (non-hydrogen) atoms. The Morgan fingerprint density at radius 3 is 2.33 bits per heavy atom. The number of esters is 1. The molecule has 0 radical (unpaired) electrons. The molecule has 0 bridgehead atoms. The number of hydrogen-bond donors (Lipinski definition) is 1. The van der Waals surface area contributed by atoms with Crippen molar-refractivity contribution in [3.05, 3.63) is 64.6 Å². The lowest BCUT2D eigenvalue weighted by Crippen LogP contribution is -2.21. The van der Waals surface area contributed by atoms with Gasteiger partial charge in [0.1, 0.15) is 0 Å². The molecule has 0 aliphatic rings. The first-order valence-electron chi connectivity index (χ1n) is 6.38. The second-order valence-electron chi connectivity index (χ2n) is 4.38. The van der Waals surface area contributed by atoms with E-state index in [4.69, 9.17) is 4.74 Å². The van der Waals surface area contributed by atoms with Gasteiger partial charge in [0, 0.05) is 10.2 Å². The van der Waals surface area contributed by atoms with Gasteiger partial charge in [0.15, 0.2) is 6.61 Å². The Bertz CT molecular complexity index is 611. The second kappa shape index (κ2) is 7.59. The van der Waals surface area contributed by atoms with Gasteiger partial charge in [0.25, 0.3) is 5.91 Å². The van der Waals surface area contributed by atoms with Crippen LogP contribution >= 0.6 is 15.9 Å². The number of benzene rings is 2. The fraction of sp³-hybridized carbons (Fsp3) is 0.125. The fourth-order valence-electron chi connectivity index (χ4n) is 1.68. The molecule has 2 aromatic carbocycles. The lowest BCUT2D eigenvalue weighted by molar-refractivity contribution is -0.146. The Balaban J connectivity index is 1.76. The number of amides is 1. The van der Waals surface area contributed by atoms with Gasteiger partial charge in [-0.1, -0.05) is 46.3 Å². The predicted molar refractivity (Wildman–Crippen MR) is 83.9 cm³/mol. The first-order chi connectivity index (χ1) is 10.1. The number of carbonyl (C=O) groups is 2. The van der Waals surface area contributed by atoms with E-state index in [-0.39, 0.29) is 18.9 Å². The molecule has 1 N–H and O–H groups in total. The lowest BCUT2D eigenvalue weighted by Gasteiger charge is -2.06. The van der Waals surface area contributed by atoms with Crippen LogP contribution in [-0.2, 0) is 20.7 Å². The summed E-state index contributed by atoms with van der Waals surface area (Å²) in [4.78, 5) is 23.3. The van der Waals surface area contributed by atoms with Crippen molar-refractivity contribution in [3.8, 4) is 0 Å². The van der Waals surface area contributed by atoms with Crippen LogP contribution in [0.5, 0.6) is 0 Å².